The summed E-state index contributed by atoms with van der Waals surface area (Å²) in [5.74, 6) is -0.891. The molecule has 1 heterocycles. The molecule has 25 heavy (non-hydrogen) atoms. The molecule has 1 aromatic carbocycles. The molecule has 0 fully saturated rings. The summed E-state index contributed by atoms with van der Waals surface area (Å²) >= 11 is 13.5. The molecule has 0 aliphatic carbocycles. The van der Waals surface area contributed by atoms with Gasteiger partial charge in [0, 0.05) is 19.8 Å². The molecule has 0 aliphatic rings. The van der Waals surface area contributed by atoms with E-state index in [0.29, 0.717) is 15.6 Å². The van der Waals surface area contributed by atoms with Crippen LogP contribution >= 0.6 is 34.5 Å². The van der Waals surface area contributed by atoms with Gasteiger partial charge in [-0.15, -0.1) is 11.3 Å². The fraction of sp³-hybridized carbons (Fsp3) is 0.333. The first-order valence-electron chi connectivity index (χ1n) is 7.72. The molecule has 0 radical (unpaired) electrons. The Hall–Kier alpha value is -1.56. The van der Waals surface area contributed by atoms with Gasteiger partial charge in [0.05, 0.1) is 11.6 Å². The highest BCUT2D eigenvalue weighted by Crippen LogP contribution is 2.26. The van der Waals surface area contributed by atoms with Gasteiger partial charge in [0.2, 0.25) is 0 Å². The van der Waals surface area contributed by atoms with Crippen LogP contribution in [0.5, 0.6) is 0 Å². The topological polar surface area (TPSA) is 55.4 Å². The second-order valence-electron chi connectivity index (χ2n) is 5.77. The van der Waals surface area contributed by atoms with Crippen LogP contribution in [0.15, 0.2) is 24.3 Å². The third-order valence-corrected chi connectivity index (χ3v) is 5.23. The van der Waals surface area contributed by atoms with Crippen LogP contribution in [0.1, 0.15) is 45.6 Å². The number of aryl methyl sites for hydroxylation is 2. The van der Waals surface area contributed by atoms with Crippen molar-refractivity contribution in [3.05, 3.63) is 55.2 Å². The highest BCUT2D eigenvalue weighted by Gasteiger charge is 2.23. The third kappa shape index (κ3) is 4.97. The zero-order chi connectivity index (χ0) is 18.7. The van der Waals surface area contributed by atoms with Crippen molar-refractivity contribution in [1.29, 1.82) is 0 Å². The number of halogens is 2. The summed E-state index contributed by atoms with van der Waals surface area (Å²) in [6, 6.07) is 6.50. The largest absolute Gasteiger partial charge is 0.449 e. The number of ether oxygens (including phenoxy) is 1. The molecule has 0 saturated heterocycles. The number of amides is 1. The summed E-state index contributed by atoms with van der Waals surface area (Å²) in [7, 11) is 0. The maximum Gasteiger partial charge on any atom is 0.340 e. The number of rotatable bonds is 5. The van der Waals surface area contributed by atoms with E-state index in [-0.39, 0.29) is 6.04 Å². The van der Waals surface area contributed by atoms with Crippen LogP contribution in [0.25, 0.3) is 0 Å². The maximum atomic E-state index is 12.3. The molecule has 0 bridgehead atoms. The zero-order valence-corrected chi connectivity index (χ0v) is 16.7. The van der Waals surface area contributed by atoms with E-state index in [4.69, 9.17) is 27.9 Å². The van der Waals surface area contributed by atoms with Crippen LogP contribution in [0.2, 0.25) is 10.0 Å². The Morgan fingerprint density at radius 2 is 1.84 bits per heavy atom. The van der Waals surface area contributed by atoms with E-state index in [1.165, 1.54) is 18.3 Å². The molecular formula is C18H19Cl2NO3S. The van der Waals surface area contributed by atoms with Crippen LogP contribution in [0.4, 0.5) is 0 Å². The molecule has 134 valence electrons. The first kappa shape index (κ1) is 19.8. The maximum absolute atomic E-state index is 12.3. The van der Waals surface area contributed by atoms with E-state index in [1.54, 1.807) is 31.2 Å². The Kier molecular flexibility index (Phi) is 6.49. The predicted octanol–water partition coefficient (Wildman–Crippen LogP) is 5.09. The number of hydrogen-bond acceptors (Lipinski definition) is 4. The molecule has 7 heteroatoms. The van der Waals surface area contributed by atoms with Crippen LogP contribution in [0.3, 0.4) is 0 Å². The molecule has 1 N–H and O–H groups in total. The molecule has 2 atom stereocenters. The summed E-state index contributed by atoms with van der Waals surface area (Å²) < 4.78 is 5.28. The van der Waals surface area contributed by atoms with Crippen LogP contribution in [-0.2, 0) is 9.53 Å². The molecule has 2 rings (SSSR count). The lowest BCUT2D eigenvalue weighted by molar-refractivity contribution is -0.129. The molecule has 1 amide bonds. The average Bonchev–Trinajstić information content (AvgIpc) is 2.85. The first-order chi connectivity index (χ1) is 11.7. The molecule has 4 nitrogen and oxygen atoms in total. The van der Waals surface area contributed by atoms with Gasteiger partial charge in [-0.05, 0) is 51.5 Å². The van der Waals surface area contributed by atoms with Crippen molar-refractivity contribution in [2.24, 2.45) is 0 Å². The molecule has 0 unspecified atom stereocenters. The quantitative estimate of drug-likeness (QED) is 0.711. The van der Waals surface area contributed by atoms with Gasteiger partial charge in [0.25, 0.3) is 5.91 Å². The SMILES string of the molecule is Cc1cc(C(=O)O[C@H](C)C(=O)N[C@@H](C)c2ccc(Cl)cc2Cl)c(C)s1. The van der Waals surface area contributed by atoms with E-state index in [9.17, 15) is 9.59 Å². The van der Waals surface area contributed by atoms with Gasteiger partial charge in [-0.25, -0.2) is 4.79 Å². The van der Waals surface area contributed by atoms with Crippen molar-refractivity contribution < 1.29 is 14.3 Å². The smallest absolute Gasteiger partial charge is 0.340 e. The van der Waals surface area contributed by atoms with Gasteiger partial charge in [-0.3, -0.25) is 4.79 Å². The van der Waals surface area contributed by atoms with Crippen molar-refractivity contribution in [2.75, 3.05) is 0 Å². The summed E-state index contributed by atoms with van der Waals surface area (Å²) in [5, 5.41) is 3.78. The lowest BCUT2D eigenvalue weighted by atomic mass is 10.1. The minimum Gasteiger partial charge on any atom is -0.449 e. The van der Waals surface area contributed by atoms with E-state index in [0.717, 1.165) is 15.3 Å². The number of carbonyl (C=O) groups is 2. The Bertz CT molecular complexity index is 804. The molecular weight excluding hydrogens is 381 g/mol. The first-order valence-corrected chi connectivity index (χ1v) is 9.29. The standard InChI is InChI=1S/C18H19Cl2NO3S/c1-9-7-15(12(4)25-9)18(23)24-11(3)17(22)21-10(2)14-6-5-13(19)8-16(14)20/h5-8,10-11H,1-4H3,(H,21,22)/t10-,11+/m0/s1. The van der Waals surface area contributed by atoms with Crippen molar-refractivity contribution in [3.63, 3.8) is 0 Å². The van der Waals surface area contributed by atoms with Gasteiger partial charge < -0.3 is 10.1 Å². The highest BCUT2D eigenvalue weighted by molar-refractivity contribution is 7.12. The predicted molar refractivity (Wildman–Crippen MR) is 102 cm³/mol. The molecule has 0 saturated carbocycles. The Labute approximate surface area is 161 Å². The van der Waals surface area contributed by atoms with Crippen molar-refractivity contribution in [1.82, 2.24) is 5.32 Å². The second-order valence-corrected chi connectivity index (χ2v) is 8.07. The number of hydrogen-bond donors (Lipinski definition) is 1. The fourth-order valence-electron chi connectivity index (χ4n) is 2.37. The summed E-state index contributed by atoms with van der Waals surface area (Å²) in [5.41, 5.74) is 1.23. The van der Waals surface area contributed by atoms with E-state index in [1.807, 2.05) is 13.8 Å². The Morgan fingerprint density at radius 3 is 2.40 bits per heavy atom. The second kappa shape index (κ2) is 8.21. The number of carbonyl (C=O) groups excluding carboxylic acids is 2. The lowest BCUT2D eigenvalue weighted by Crippen LogP contribution is -2.37. The number of benzene rings is 1. The number of esters is 1. The van der Waals surface area contributed by atoms with Crippen LogP contribution in [-0.4, -0.2) is 18.0 Å². The van der Waals surface area contributed by atoms with Crippen molar-refractivity contribution in [3.8, 4) is 0 Å². The highest BCUT2D eigenvalue weighted by atomic mass is 35.5. The van der Waals surface area contributed by atoms with E-state index in [2.05, 4.69) is 5.32 Å². The van der Waals surface area contributed by atoms with E-state index < -0.39 is 18.0 Å². The van der Waals surface area contributed by atoms with Crippen molar-refractivity contribution in [2.45, 2.75) is 39.8 Å². The minimum absolute atomic E-state index is 0.344. The monoisotopic (exact) mass is 399 g/mol. The lowest BCUT2D eigenvalue weighted by Gasteiger charge is -2.19. The third-order valence-electron chi connectivity index (χ3n) is 3.70. The normalized spacial score (nSPS) is 13.2. The zero-order valence-electron chi connectivity index (χ0n) is 14.4. The average molecular weight is 400 g/mol. The van der Waals surface area contributed by atoms with Gasteiger partial charge in [-0.2, -0.15) is 0 Å². The molecule has 0 aliphatic heterocycles. The fourth-order valence-corrected chi connectivity index (χ4v) is 3.86. The van der Waals surface area contributed by atoms with E-state index >= 15 is 0 Å². The Balaban J connectivity index is 2.00. The summed E-state index contributed by atoms with van der Waals surface area (Å²) in [6.45, 7) is 7.11. The molecule has 2 aromatic rings. The Morgan fingerprint density at radius 1 is 1.16 bits per heavy atom. The number of nitrogens with one attached hydrogen (secondary N) is 1. The summed E-state index contributed by atoms with van der Waals surface area (Å²) in [4.78, 5) is 26.4. The summed E-state index contributed by atoms with van der Waals surface area (Å²) in [6.07, 6.45) is -0.916. The van der Waals surface area contributed by atoms with Gasteiger partial charge in [0.15, 0.2) is 6.10 Å². The van der Waals surface area contributed by atoms with Gasteiger partial charge in [0.1, 0.15) is 0 Å². The molecule has 1 aromatic heterocycles. The van der Waals surface area contributed by atoms with Gasteiger partial charge in [-0.1, -0.05) is 29.3 Å². The molecule has 0 spiro atoms. The van der Waals surface area contributed by atoms with Gasteiger partial charge >= 0.3 is 5.97 Å². The van der Waals surface area contributed by atoms with Crippen molar-refractivity contribution >= 4 is 46.4 Å². The minimum atomic E-state index is -0.916. The number of thiophene rings is 1. The van der Waals surface area contributed by atoms with Crippen LogP contribution in [0, 0.1) is 13.8 Å². The van der Waals surface area contributed by atoms with Crippen LogP contribution < -0.4 is 5.32 Å².